The summed E-state index contributed by atoms with van der Waals surface area (Å²) in [5, 5.41) is 0. The molecular weight excluding hydrogens is 244 g/mol. The molecular formula is C14H18N2OS. The van der Waals surface area contributed by atoms with Crippen LogP contribution in [0.3, 0.4) is 0 Å². The van der Waals surface area contributed by atoms with Crippen LogP contribution in [0.15, 0.2) is 30.5 Å². The molecule has 1 N–H and O–H groups in total. The van der Waals surface area contributed by atoms with E-state index in [4.69, 9.17) is 17.0 Å². The van der Waals surface area contributed by atoms with E-state index in [1.165, 1.54) is 0 Å². The van der Waals surface area contributed by atoms with Gasteiger partial charge in [-0.3, -0.25) is 4.57 Å². The molecule has 96 valence electrons. The topological polar surface area (TPSA) is 29.9 Å². The lowest BCUT2D eigenvalue weighted by molar-refractivity contribution is 0.217. The largest absolute Gasteiger partial charge is 0.491 e. The number of H-pyrrole nitrogens is 1. The zero-order chi connectivity index (χ0) is 13.1. The van der Waals surface area contributed by atoms with E-state index in [1.807, 2.05) is 42.0 Å². The fourth-order valence-corrected chi connectivity index (χ4v) is 2.05. The first-order valence-corrected chi connectivity index (χ1v) is 6.56. The number of ether oxygens (including phenoxy) is 1. The second-order valence-electron chi connectivity index (χ2n) is 4.45. The second-order valence-corrected chi connectivity index (χ2v) is 4.83. The van der Waals surface area contributed by atoms with Crippen molar-refractivity contribution in [3.8, 4) is 11.4 Å². The average molecular weight is 262 g/mol. The quantitative estimate of drug-likeness (QED) is 0.843. The Balaban J connectivity index is 2.32. The highest BCUT2D eigenvalue weighted by molar-refractivity contribution is 7.71. The maximum Gasteiger partial charge on any atom is 0.181 e. The summed E-state index contributed by atoms with van der Waals surface area (Å²) in [5.74, 6) is 0.877. The van der Waals surface area contributed by atoms with E-state index in [2.05, 4.69) is 18.8 Å². The molecule has 0 aliphatic rings. The van der Waals surface area contributed by atoms with Crippen LogP contribution in [0.25, 0.3) is 5.69 Å². The molecule has 1 aromatic carbocycles. The predicted molar refractivity (Wildman–Crippen MR) is 76.1 cm³/mol. The van der Waals surface area contributed by atoms with Crippen molar-refractivity contribution in [3.63, 3.8) is 0 Å². The molecule has 1 aromatic heterocycles. The number of nitrogens with zero attached hydrogens (tertiary/aromatic N) is 1. The van der Waals surface area contributed by atoms with Crippen LogP contribution < -0.4 is 4.74 Å². The lowest BCUT2D eigenvalue weighted by Gasteiger charge is -2.13. The van der Waals surface area contributed by atoms with E-state index in [9.17, 15) is 0 Å². The minimum Gasteiger partial charge on any atom is -0.491 e. The predicted octanol–water partition coefficient (Wildman–Crippen LogP) is 4.02. The third-order valence-electron chi connectivity index (χ3n) is 2.85. The van der Waals surface area contributed by atoms with Crippen LogP contribution in [0.2, 0.25) is 0 Å². The number of nitrogens with one attached hydrogen (secondary N) is 1. The molecule has 0 saturated carbocycles. The first-order chi connectivity index (χ1) is 8.60. The lowest BCUT2D eigenvalue weighted by Crippen LogP contribution is -2.09. The summed E-state index contributed by atoms with van der Waals surface area (Å²) in [6, 6.07) is 7.98. The molecule has 4 heteroatoms. The van der Waals surface area contributed by atoms with E-state index < -0.39 is 0 Å². The Morgan fingerprint density at radius 3 is 2.83 bits per heavy atom. The van der Waals surface area contributed by atoms with Crippen LogP contribution in [0.5, 0.6) is 5.75 Å². The molecule has 0 aliphatic heterocycles. The Kier molecular flexibility index (Phi) is 3.87. The SMILES string of the molecule is CCC(C)Oc1cccc(-n2cc(C)[nH]c2=S)c1. The van der Waals surface area contributed by atoms with Gasteiger partial charge < -0.3 is 9.72 Å². The highest BCUT2D eigenvalue weighted by atomic mass is 32.1. The smallest absolute Gasteiger partial charge is 0.181 e. The van der Waals surface area contributed by atoms with Crippen molar-refractivity contribution in [2.75, 3.05) is 0 Å². The molecule has 0 aliphatic carbocycles. The van der Waals surface area contributed by atoms with E-state index in [0.29, 0.717) is 4.77 Å². The Hall–Kier alpha value is -1.55. The standard InChI is InChI=1S/C14H18N2OS/c1-4-11(3)17-13-7-5-6-12(8-13)16-9-10(2)15-14(16)18/h5-9,11H,4H2,1-3H3,(H,15,18). The van der Waals surface area contributed by atoms with Crippen molar-refractivity contribution in [2.24, 2.45) is 0 Å². The van der Waals surface area contributed by atoms with Gasteiger partial charge in [-0.25, -0.2) is 0 Å². The van der Waals surface area contributed by atoms with Gasteiger partial charge >= 0.3 is 0 Å². The Morgan fingerprint density at radius 1 is 1.44 bits per heavy atom. The van der Waals surface area contributed by atoms with Crippen LogP contribution in [0.4, 0.5) is 0 Å². The molecule has 0 bridgehead atoms. The molecule has 0 fully saturated rings. The third-order valence-corrected chi connectivity index (χ3v) is 3.15. The molecule has 1 heterocycles. The molecule has 18 heavy (non-hydrogen) atoms. The van der Waals surface area contributed by atoms with Crippen LogP contribution in [0.1, 0.15) is 26.0 Å². The number of imidazole rings is 1. The monoisotopic (exact) mass is 262 g/mol. The highest BCUT2D eigenvalue weighted by Crippen LogP contribution is 2.19. The number of rotatable bonds is 4. The van der Waals surface area contributed by atoms with Crippen molar-refractivity contribution in [3.05, 3.63) is 40.9 Å². The molecule has 0 saturated heterocycles. The van der Waals surface area contributed by atoms with Gasteiger partial charge in [-0.1, -0.05) is 13.0 Å². The summed E-state index contributed by atoms with van der Waals surface area (Å²) in [4.78, 5) is 3.11. The van der Waals surface area contributed by atoms with Gasteiger partial charge in [0.15, 0.2) is 4.77 Å². The van der Waals surface area contributed by atoms with Crippen LogP contribution in [-0.2, 0) is 0 Å². The molecule has 2 aromatic rings. The second kappa shape index (κ2) is 5.40. The number of aromatic nitrogens is 2. The van der Waals surface area contributed by atoms with Gasteiger partial charge in [0.25, 0.3) is 0 Å². The third kappa shape index (κ3) is 2.82. The van der Waals surface area contributed by atoms with Crippen LogP contribution in [0, 0.1) is 11.7 Å². The van der Waals surface area contributed by atoms with Gasteiger partial charge in [-0.05, 0) is 44.6 Å². The maximum atomic E-state index is 5.81. The van der Waals surface area contributed by atoms with Gasteiger partial charge in [0, 0.05) is 18.0 Å². The fourth-order valence-electron chi connectivity index (χ4n) is 1.73. The molecule has 1 atom stereocenters. The van der Waals surface area contributed by atoms with Crippen LogP contribution in [-0.4, -0.2) is 15.7 Å². The van der Waals surface area contributed by atoms with E-state index in [1.54, 1.807) is 0 Å². The van der Waals surface area contributed by atoms with Crippen molar-refractivity contribution < 1.29 is 4.74 Å². The Bertz CT molecular complexity index is 585. The summed E-state index contributed by atoms with van der Waals surface area (Å²) in [5.41, 5.74) is 2.07. The zero-order valence-corrected chi connectivity index (χ0v) is 11.8. The first-order valence-electron chi connectivity index (χ1n) is 6.15. The van der Waals surface area contributed by atoms with Gasteiger partial charge in [0.1, 0.15) is 5.75 Å². The van der Waals surface area contributed by atoms with Gasteiger partial charge in [0.2, 0.25) is 0 Å². The van der Waals surface area contributed by atoms with Gasteiger partial charge in [-0.2, -0.15) is 0 Å². The zero-order valence-electron chi connectivity index (χ0n) is 10.9. The summed E-state index contributed by atoms with van der Waals surface area (Å²) < 4.78 is 8.47. The molecule has 0 amide bonds. The van der Waals surface area contributed by atoms with E-state index in [0.717, 1.165) is 23.6 Å². The summed E-state index contributed by atoms with van der Waals surface area (Å²) >= 11 is 5.28. The molecule has 1 unspecified atom stereocenters. The summed E-state index contributed by atoms with van der Waals surface area (Å²) in [7, 11) is 0. The number of aryl methyl sites for hydroxylation is 1. The maximum absolute atomic E-state index is 5.81. The van der Waals surface area contributed by atoms with Gasteiger partial charge in [-0.15, -0.1) is 0 Å². The number of hydrogen-bond donors (Lipinski definition) is 1. The van der Waals surface area contributed by atoms with E-state index >= 15 is 0 Å². The fraction of sp³-hybridized carbons (Fsp3) is 0.357. The van der Waals surface area contributed by atoms with Crippen LogP contribution >= 0.6 is 12.2 Å². The molecule has 3 nitrogen and oxygen atoms in total. The Morgan fingerprint density at radius 2 is 2.22 bits per heavy atom. The van der Waals surface area contributed by atoms with Crippen molar-refractivity contribution in [1.29, 1.82) is 0 Å². The Labute approximate surface area is 112 Å². The summed E-state index contributed by atoms with van der Waals surface area (Å²) in [6.45, 7) is 6.17. The number of hydrogen-bond acceptors (Lipinski definition) is 2. The minimum absolute atomic E-state index is 0.223. The number of aromatic amines is 1. The molecule has 0 radical (unpaired) electrons. The van der Waals surface area contributed by atoms with Crippen molar-refractivity contribution >= 4 is 12.2 Å². The van der Waals surface area contributed by atoms with Crippen molar-refractivity contribution in [2.45, 2.75) is 33.3 Å². The van der Waals surface area contributed by atoms with E-state index in [-0.39, 0.29) is 6.10 Å². The first kappa shape index (κ1) is 12.9. The normalized spacial score (nSPS) is 12.4. The minimum atomic E-state index is 0.223. The molecule has 2 rings (SSSR count). The summed E-state index contributed by atoms with van der Waals surface area (Å²) in [6.07, 6.45) is 3.21. The molecule has 0 spiro atoms. The van der Waals surface area contributed by atoms with Gasteiger partial charge in [0.05, 0.1) is 11.8 Å². The average Bonchev–Trinajstić information content (AvgIpc) is 2.68. The van der Waals surface area contributed by atoms with Crippen molar-refractivity contribution in [1.82, 2.24) is 9.55 Å². The highest BCUT2D eigenvalue weighted by Gasteiger charge is 2.04. The number of benzene rings is 1. The lowest BCUT2D eigenvalue weighted by atomic mass is 10.2.